The highest BCUT2D eigenvalue weighted by molar-refractivity contribution is 7.89. The number of urea groups is 1. The molecule has 0 aromatic heterocycles. The number of rotatable bonds is 6. The van der Waals surface area contributed by atoms with Crippen molar-refractivity contribution in [1.82, 2.24) is 15.1 Å². The topological polar surface area (TPSA) is 132 Å². The summed E-state index contributed by atoms with van der Waals surface area (Å²) in [7, 11) is -3.61. The first kappa shape index (κ1) is 19.0. The molecule has 1 aromatic rings. The number of amides is 2. The van der Waals surface area contributed by atoms with Crippen LogP contribution in [0.25, 0.3) is 0 Å². The number of phenolic OH excluding ortho intramolecular Hbond substituents is 1. The number of nitrogens with one attached hydrogen (secondary N) is 2. The fourth-order valence-electron chi connectivity index (χ4n) is 2.36. The van der Waals surface area contributed by atoms with Gasteiger partial charge in [-0.15, -0.1) is 0 Å². The van der Waals surface area contributed by atoms with Crippen LogP contribution in [-0.2, 0) is 14.9 Å². The highest BCUT2D eigenvalue weighted by Gasteiger charge is 2.30. The van der Waals surface area contributed by atoms with Gasteiger partial charge < -0.3 is 10.4 Å². The normalized spacial score (nSPS) is 16.1. The minimum absolute atomic E-state index is 0.00480. The molecule has 1 fully saturated rings. The van der Waals surface area contributed by atoms with E-state index in [0.717, 1.165) is 0 Å². The molecule has 1 saturated heterocycles. The Morgan fingerprint density at radius 3 is 2.56 bits per heavy atom. The van der Waals surface area contributed by atoms with E-state index < -0.39 is 16.1 Å². The van der Waals surface area contributed by atoms with Crippen molar-refractivity contribution >= 4 is 16.1 Å². The van der Waals surface area contributed by atoms with E-state index in [2.05, 4.69) is 10.8 Å². The van der Waals surface area contributed by atoms with E-state index in [-0.39, 0.29) is 42.8 Å². The van der Waals surface area contributed by atoms with Gasteiger partial charge in [-0.3, -0.25) is 4.84 Å². The molecule has 2 rings (SSSR count). The van der Waals surface area contributed by atoms with Crippen LogP contribution in [0.3, 0.4) is 0 Å². The summed E-state index contributed by atoms with van der Waals surface area (Å²) in [5.74, 6) is 0.00480. The molecule has 3 N–H and O–H groups in total. The second kappa shape index (κ2) is 8.66. The predicted molar refractivity (Wildman–Crippen MR) is 87.7 cm³/mol. The van der Waals surface area contributed by atoms with E-state index in [1.165, 1.54) is 28.6 Å². The molecular formula is C15H20N4O5S. The molecular weight excluding hydrogens is 348 g/mol. The lowest BCUT2D eigenvalue weighted by Gasteiger charge is -2.30. The molecule has 136 valence electrons. The van der Waals surface area contributed by atoms with E-state index in [4.69, 9.17) is 10.1 Å². The number of nitriles is 1. The van der Waals surface area contributed by atoms with Gasteiger partial charge in [-0.2, -0.15) is 9.57 Å². The monoisotopic (exact) mass is 368 g/mol. The van der Waals surface area contributed by atoms with Crippen molar-refractivity contribution in [2.45, 2.75) is 30.3 Å². The molecule has 1 heterocycles. The average molecular weight is 368 g/mol. The van der Waals surface area contributed by atoms with Gasteiger partial charge in [-0.25, -0.2) is 18.7 Å². The first-order valence-corrected chi connectivity index (χ1v) is 9.23. The van der Waals surface area contributed by atoms with Gasteiger partial charge >= 0.3 is 6.03 Å². The van der Waals surface area contributed by atoms with Gasteiger partial charge in [0.05, 0.1) is 23.5 Å². The Labute approximate surface area is 146 Å². The van der Waals surface area contributed by atoms with E-state index in [1.807, 2.05) is 6.07 Å². The highest BCUT2D eigenvalue weighted by atomic mass is 32.2. The molecule has 0 radical (unpaired) electrons. The number of piperidine rings is 1. The number of hydrogen-bond acceptors (Lipinski definition) is 6. The molecule has 9 nitrogen and oxygen atoms in total. The number of carbonyl (C=O) groups is 1. The van der Waals surface area contributed by atoms with Gasteiger partial charge in [0.15, 0.2) is 0 Å². The van der Waals surface area contributed by atoms with Crippen LogP contribution in [0.2, 0.25) is 0 Å². The third kappa shape index (κ3) is 5.32. The highest BCUT2D eigenvalue weighted by Crippen LogP contribution is 2.23. The third-order valence-electron chi connectivity index (χ3n) is 3.72. The molecule has 0 bridgehead atoms. The van der Waals surface area contributed by atoms with Crippen molar-refractivity contribution in [3.63, 3.8) is 0 Å². The minimum Gasteiger partial charge on any atom is -0.508 e. The van der Waals surface area contributed by atoms with E-state index in [9.17, 15) is 18.3 Å². The Balaban J connectivity index is 1.80. The zero-order valence-corrected chi connectivity index (χ0v) is 14.3. The zero-order valence-electron chi connectivity index (χ0n) is 13.5. The van der Waals surface area contributed by atoms with Gasteiger partial charge in [0, 0.05) is 19.6 Å². The molecule has 0 atom stereocenters. The molecule has 1 aliphatic heterocycles. The largest absolute Gasteiger partial charge is 0.508 e. The SMILES string of the molecule is N#CCCNC(=O)NOC1CCN(S(=O)(=O)c2ccc(O)cc2)CC1. The van der Waals surface area contributed by atoms with Crippen LogP contribution in [0.5, 0.6) is 5.75 Å². The molecule has 0 aliphatic carbocycles. The maximum absolute atomic E-state index is 12.5. The second-order valence-electron chi connectivity index (χ2n) is 5.48. The maximum Gasteiger partial charge on any atom is 0.338 e. The zero-order chi connectivity index (χ0) is 18.3. The van der Waals surface area contributed by atoms with E-state index in [1.54, 1.807) is 0 Å². The number of aromatic hydroxyl groups is 1. The molecule has 0 saturated carbocycles. The minimum atomic E-state index is -3.61. The van der Waals surface area contributed by atoms with Crippen LogP contribution in [-0.4, -0.2) is 49.6 Å². The molecule has 0 spiro atoms. The molecule has 1 aromatic carbocycles. The maximum atomic E-state index is 12.5. The average Bonchev–Trinajstić information content (AvgIpc) is 2.61. The van der Waals surface area contributed by atoms with Crippen molar-refractivity contribution in [3.05, 3.63) is 24.3 Å². The summed E-state index contributed by atoms with van der Waals surface area (Å²) in [6.45, 7) is 0.770. The Kier molecular flexibility index (Phi) is 6.58. The Morgan fingerprint density at radius 2 is 1.96 bits per heavy atom. The van der Waals surface area contributed by atoms with Gasteiger partial charge in [-0.1, -0.05) is 0 Å². The first-order chi connectivity index (χ1) is 11.9. The van der Waals surface area contributed by atoms with Crippen LogP contribution < -0.4 is 10.8 Å². The second-order valence-corrected chi connectivity index (χ2v) is 7.42. The van der Waals surface area contributed by atoms with Crippen molar-refractivity contribution in [3.8, 4) is 11.8 Å². The van der Waals surface area contributed by atoms with Crippen LogP contribution in [0, 0.1) is 11.3 Å². The fourth-order valence-corrected chi connectivity index (χ4v) is 3.83. The summed E-state index contributed by atoms with van der Waals surface area (Å²) in [5, 5.41) is 20.1. The standard InChI is InChI=1S/C15H20N4O5S/c16-8-1-9-17-15(21)18-24-13-6-10-19(11-7-13)25(22,23)14-4-2-12(20)3-5-14/h2-5,13,20H,1,6-7,9-11H2,(H2,17,18,21). The van der Waals surface area contributed by atoms with Crippen LogP contribution in [0.15, 0.2) is 29.2 Å². The molecule has 0 unspecified atom stereocenters. The van der Waals surface area contributed by atoms with Crippen molar-refractivity contribution in [2.24, 2.45) is 0 Å². The van der Waals surface area contributed by atoms with Crippen molar-refractivity contribution < 1.29 is 23.2 Å². The molecule has 2 amide bonds. The number of hydroxylamine groups is 1. The van der Waals surface area contributed by atoms with Crippen LogP contribution in [0.1, 0.15) is 19.3 Å². The number of nitrogens with zero attached hydrogens (tertiary/aromatic N) is 2. The lowest BCUT2D eigenvalue weighted by Crippen LogP contribution is -2.44. The smallest absolute Gasteiger partial charge is 0.338 e. The van der Waals surface area contributed by atoms with Gasteiger partial charge in [-0.05, 0) is 37.1 Å². The van der Waals surface area contributed by atoms with Gasteiger partial charge in [0.2, 0.25) is 10.0 Å². The van der Waals surface area contributed by atoms with Crippen LogP contribution in [0.4, 0.5) is 4.79 Å². The number of sulfonamides is 1. The summed E-state index contributed by atoms with van der Waals surface area (Å²) < 4.78 is 26.4. The Hall–Kier alpha value is -2.35. The number of hydrogen-bond donors (Lipinski definition) is 3. The summed E-state index contributed by atoms with van der Waals surface area (Å²) in [6.07, 6.45) is 0.806. The lowest BCUT2D eigenvalue weighted by atomic mass is 10.1. The summed E-state index contributed by atoms with van der Waals surface area (Å²) >= 11 is 0. The first-order valence-electron chi connectivity index (χ1n) is 7.79. The summed E-state index contributed by atoms with van der Waals surface area (Å²) in [6, 6.07) is 6.76. The number of phenols is 1. The summed E-state index contributed by atoms with van der Waals surface area (Å²) in [4.78, 5) is 16.8. The fraction of sp³-hybridized carbons (Fsp3) is 0.467. The summed E-state index contributed by atoms with van der Waals surface area (Å²) in [5.41, 5.74) is 2.25. The number of benzene rings is 1. The van der Waals surface area contributed by atoms with Gasteiger partial charge in [0.1, 0.15) is 5.75 Å². The van der Waals surface area contributed by atoms with E-state index in [0.29, 0.717) is 12.8 Å². The van der Waals surface area contributed by atoms with Crippen molar-refractivity contribution in [2.75, 3.05) is 19.6 Å². The molecule has 25 heavy (non-hydrogen) atoms. The lowest BCUT2D eigenvalue weighted by molar-refractivity contribution is -0.0270. The Bertz CT molecular complexity index is 721. The Morgan fingerprint density at radius 1 is 1.32 bits per heavy atom. The van der Waals surface area contributed by atoms with Crippen LogP contribution >= 0.6 is 0 Å². The number of carbonyl (C=O) groups excluding carboxylic acids is 1. The third-order valence-corrected chi connectivity index (χ3v) is 5.63. The molecule has 10 heteroatoms. The predicted octanol–water partition coefficient (Wildman–Crippen LogP) is 0.690. The molecule has 1 aliphatic rings. The van der Waals surface area contributed by atoms with Gasteiger partial charge in [0.25, 0.3) is 0 Å². The van der Waals surface area contributed by atoms with Crippen molar-refractivity contribution in [1.29, 1.82) is 5.26 Å². The van der Waals surface area contributed by atoms with E-state index >= 15 is 0 Å². The quantitative estimate of drug-likeness (QED) is 0.500.